The molecule has 100 valence electrons. The molecule has 1 saturated carbocycles. The van der Waals surface area contributed by atoms with E-state index in [1.54, 1.807) is 6.20 Å². The van der Waals surface area contributed by atoms with Crippen molar-refractivity contribution in [2.24, 2.45) is 5.41 Å². The van der Waals surface area contributed by atoms with Crippen LogP contribution in [0.25, 0.3) is 0 Å². The highest BCUT2D eigenvalue weighted by Crippen LogP contribution is 2.49. The molecule has 6 heteroatoms. The molecule has 0 unspecified atom stereocenters. The van der Waals surface area contributed by atoms with Crippen LogP contribution < -0.4 is 5.32 Å². The van der Waals surface area contributed by atoms with Crippen molar-refractivity contribution < 1.29 is 9.84 Å². The second-order valence-electron chi connectivity index (χ2n) is 5.19. The van der Waals surface area contributed by atoms with Gasteiger partial charge in [0.05, 0.1) is 18.5 Å². The van der Waals surface area contributed by atoms with Crippen molar-refractivity contribution in [2.45, 2.75) is 31.4 Å². The Morgan fingerprint density at radius 3 is 2.74 bits per heavy atom. The third-order valence-electron chi connectivity index (χ3n) is 4.33. The number of ether oxygens (including phenoxy) is 1. The zero-order valence-corrected chi connectivity index (χ0v) is 10.5. The summed E-state index contributed by atoms with van der Waals surface area (Å²) in [6.07, 6.45) is 5.22. The van der Waals surface area contributed by atoms with Gasteiger partial charge in [0.1, 0.15) is 11.9 Å². The molecule has 1 aliphatic heterocycles. The molecule has 2 heterocycles. The van der Waals surface area contributed by atoms with Crippen LogP contribution in [-0.2, 0) is 4.74 Å². The second-order valence-corrected chi connectivity index (χ2v) is 5.19. The molecular formula is C13H16N4O2. The molecule has 1 aliphatic carbocycles. The average molecular weight is 260 g/mol. The number of hydrogen-bond donors (Lipinski definition) is 2. The fourth-order valence-corrected chi connectivity index (χ4v) is 3.04. The Hall–Kier alpha value is -1.71. The lowest BCUT2D eigenvalue weighted by molar-refractivity contribution is -0.133. The number of nitriles is 1. The Morgan fingerprint density at radius 2 is 2.16 bits per heavy atom. The molecule has 0 bridgehead atoms. The summed E-state index contributed by atoms with van der Waals surface area (Å²) < 4.78 is 5.37. The van der Waals surface area contributed by atoms with Gasteiger partial charge in [-0.1, -0.05) is 0 Å². The fraction of sp³-hybridized carbons (Fsp3) is 0.615. The molecule has 1 spiro atoms. The quantitative estimate of drug-likeness (QED) is 0.813. The van der Waals surface area contributed by atoms with Crippen molar-refractivity contribution in [2.75, 3.05) is 18.5 Å². The molecule has 1 aromatic heterocycles. The summed E-state index contributed by atoms with van der Waals surface area (Å²) in [5.74, 6) is 0.654. The maximum absolute atomic E-state index is 10.1. The van der Waals surface area contributed by atoms with Crippen molar-refractivity contribution in [1.29, 1.82) is 5.26 Å². The number of nitrogens with one attached hydrogen (secondary N) is 1. The van der Waals surface area contributed by atoms with Gasteiger partial charge in [0.15, 0.2) is 5.69 Å². The van der Waals surface area contributed by atoms with Gasteiger partial charge in [-0.15, -0.1) is 0 Å². The van der Waals surface area contributed by atoms with E-state index in [1.165, 1.54) is 6.20 Å². The highest BCUT2D eigenvalue weighted by Gasteiger charge is 2.54. The summed E-state index contributed by atoms with van der Waals surface area (Å²) in [6.45, 7) is 1.41. The Balaban J connectivity index is 1.71. The first-order valence-electron chi connectivity index (χ1n) is 6.49. The van der Waals surface area contributed by atoms with Crippen LogP contribution in [0.3, 0.4) is 0 Å². The van der Waals surface area contributed by atoms with Gasteiger partial charge in [-0.25, -0.2) is 9.97 Å². The van der Waals surface area contributed by atoms with Gasteiger partial charge in [-0.05, 0) is 19.3 Å². The Bertz CT molecular complexity index is 490. The Morgan fingerprint density at radius 1 is 1.37 bits per heavy atom. The smallest absolute Gasteiger partial charge is 0.158 e. The molecule has 0 aromatic carbocycles. The molecule has 1 aromatic rings. The first kappa shape index (κ1) is 12.3. The molecule has 6 nitrogen and oxygen atoms in total. The lowest BCUT2D eigenvalue weighted by Crippen LogP contribution is -2.62. The number of anilines is 1. The molecule has 19 heavy (non-hydrogen) atoms. The minimum absolute atomic E-state index is 0.0895. The highest BCUT2D eigenvalue weighted by molar-refractivity contribution is 5.37. The van der Waals surface area contributed by atoms with E-state index < -0.39 is 0 Å². The number of hydrogen-bond acceptors (Lipinski definition) is 6. The van der Waals surface area contributed by atoms with E-state index in [4.69, 9.17) is 10.00 Å². The van der Waals surface area contributed by atoms with Crippen LogP contribution in [0.4, 0.5) is 5.82 Å². The van der Waals surface area contributed by atoms with E-state index in [0.717, 1.165) is 19.3 Å². The van der Waals surface area contributed by atoms with Crippen LogP contribution >= 0.6 is 0 Å². The van der Waals surface area contributed by atoms with Crippen molar-refractivity contribution in [3.8, 4) is 6.07 Å². The summed E-state index contributed by atoms with van der Waals surface area (Å²) in [4.78, 5) is 8.15. The van der Waals surface area contributed by atoms with E-state index in [0.29, 0.717) is 24.7 Å². The number of rotatable bonds is 2. The number of aromatic nitrogens is 2. The SMILES string of the molecule is N#Cc1cnc(N[C@@H]2C[C@@H](O)C23CCOCC3)cn1. The fourth-order valence-electron chi connectivity index (χ4n) is 3.04. The van der Waals surface area contributed by atoms with Crippen molar-refractivity contribution >= 4 is 5.82 Å². The molecule has 2 N–H and O–H groups in total. The minimum Gasteiger partial charge on any atom is -0.392 e. The van der Waals surface area contributed by atoms with Crippen LogP contribution in [0.15, 0.2) is 12.4 Å². The first-order chi connectivity index (χ1) is 9.24. The number of aliphatic hydroxyl groups excluding tert-OH is 1. The molecule has 0 radical (unpaired) electrons. The lowest BCUT2D eigenvalue weighted by Gasteiger charge is -2.55. The zero-order valence-electron chi connectivity index (χ0n) is 10.5. The molecule has 2 fully saturated rings. The molecule has 0 amide bonds. The average Bonchev–Trinajstić information content (AvgIpc) is 2.48. The monoisotopic (exact) mass is 260 g/mol. The van der Waals surface area contributed by atoms with Crippen LogP contribution in [0.2, 0.25) is 0 Å². The van der Waals surface area contributed by atoms with Gasteiger partial charge in [-0.3, -0.25) is 0 Å². The van der Waals surface area contributed by atoms with Gasteiger partial charge < -0.3 is 15.2 Å². The summed E-state index contributed by atoms with van der Waals surface area (Å²) in [6, 6.07) is 2.14. The Kier molecular flexibility index (Phi) is 3.09. The van der Waals surface area contributed by atoms with E-state index in [2.05, 4.69) is 15.3 Å². The zero-order chi connectivity index (χ0) is 13.3. The Labute approximate surface area is 111 Å². The van der Waals surface area contributed by atoms with Crippen molar-refractivity contribution in [1.82, 2.24) is 9.97 Å². The molecule has 1 saturated heterocycles. The number of nitrogens with zero attached hydrogens (tertiary/aromatic N) is 3. The standard InChI is InChI=1S/C13H16N4O2/c14-6-9-7-16-12(8-15-9)17-10-5-11(18)13(10)1-3-19-4-2-13/h7-8,10-11,18H,1-5H2,(H,16,17)/t10-,11-/m1/s1. The van der Waals surface area contributed by atoms with Crippen LogP contribution in [0.1, 0.15) is 25.0 Å². The molecular weight excluding hydrogens is 244 g/mol. The summed E-state index contributed by atoms with van der Waals surface area (Å²) in [5.41, 5.74) is 0.216. The van der Waals surface area contributed by atoms with Gasteiger partial charge in [-0.2, -0.15) is 5.26 Å². The first-order valence-corrected chi connectivity index (χ1v) is 6.49. The second kappa shape index (κ2) is 4.76. The minimum atomic E-state index is -0.264. The van der Waals surface area contributed by atoms with Gasteiger partial charge in [0.2, 0.25) is 0 Å². The predicted octanol–water partition coefficient (Wildman–Crippen LogP) is 0.690. The van der Waals surface area contributed by atoms with Crippen molar-refractivity contribution in [3.63, 3.8) is 0 Å². The molecule has 2 atom stereocenters. The van der Waals surface area contributed by atoms with Gasteiger partial charge in [0, 0.05) is 24.7 Å². The van der Waals surface area contributed by atoms with E-state index in [1.807, 2.05) is 6.07 Å². The third kappa shape index (κ3) is 2.05. The topological polar surface area (TPSA) is 91.1 Å². The largest absolute Gasteiger partial charge is 0.392 e. The highest BCUT2D eigenvalue weighted by atomic mass is 16.5. The van der Waals surface area contributed by atoms with E-state index in [9.17, 15) is 5.11 Å². The van der Waals surface area contributed by atoms with Crippen LogP contribution in [0.5, 0.6) is 0 Å². The number of aliphatic hydroxyl groups is 1. The molecule has 2 aliphatic rings. The third-order valence-corrected chi connectivity index (χ3v) is 4.33. The molecule has 3 rings (SSSR count). The maximum Gasteiger partial charge on any atom is 0.158 e. The van der Waals surface area contributed by atoms with Gasteiger partial charge >= 0.3 is 0 Å². The van der Waals surface area contributed by atoms with Crippen LogP contribution in [0, 0.1) is 16.7 Å². The lowest BCUT2D eigenvalue weighted by atomic mass is 9.58. The summed E-state index contributed by atoms with van der Waals surface area (Å²) >= 11 is 0. The summed E-state index contributed by atoms with van der Waals surface area (Å²) in [5, 5.41) is 22.1. The normalized spacial score (nSPS) is 28.4. The van der Waals surface area contributed by atoms with E-state index in [-0.39, 0.29) is 17.6 Å². The van der Waals surface area contributed by atoms with Crippen molar-refractivity contribution in [3.05, 3.63) is 18.1 Å². The van der Waals surface area contributed by atoms with Gasteiger partial charge in [0.25, 0.3) is 0 Å². The summed E-state index contributed by atoms with van der Waals surface area (Å²) in [7, 11) is 0. The van der Waals surface area contributed by atoms with E-state index >= 15 is 0 Å². The predicted molar refractivity (Wildman–Crippen MR) is 67.3 cm³/mol. The van der Waals surface area contributed by atoms with Crippen LogP contribution in [-0.4, -0.2) is 40.4 Å². The maximum atomic E-state index is 10.1.